The normalized spacial score (nSPS) is 10.4. The summed E-state index contributed by atoms with van der Waals surface area (Å²) in [6, 6.07) is 0. The minimum Gasteiger partial charge on any atom is -0.362 e. The second-order valence-corrected chi connectivity index (χ2v) is 4.43. The summed E-state index contributed by atoms with van der Waals surface area (Å²) in [6.45, 7) is 6.01. The van der Waals surface area contributed by atoms with Gasteiger partial charge in [-0.1, -0.05) is 13.8 Å². The quantitative estimate of drug-likeness (QED) is 0.761. The molecule has 0 aliphatic heterocycles. The molecule has 1 heterocycles. The Kier molecular flexibility index (Phi) is 4.55. The van der Waals surface area contributed by atoms with Gasteiger partial charge >= 0.3 is 0 Å². The Morgan fingerprint density at radius 2 is 2.40 bits per heavy atom. The smallest absolute Gasteiger partial charge is 0.168 e. The molecule has 1 aromatic rings. The van der Waals surface area contributed by atoms with Crippen LogP contribution in [0.15, 0.2) is 12.4 Å². The van der Waals surface area contributed by atoms with Crippen molar-refractivity contribution in [3.05, 3.63) is 18.0 Å². The predicted octanol–water partition coefficient (Wildman–Crippen LogP) is 1.37. The number of nitrogens with one attached hydrogen (secondary N) is 2. The lowest BCUT2D eigenvalue weighted by molar-refractivity contribution is 0.480. The highest BCUT2D eigenvalue weighted by Gasteiger charge is 2.05. The zero-order chi connectivity index (χ0) is 11.3. The molecular weight excluding hydrogens is 208 g/mol. The summed E-state index contributed by atoms with van der Waals surface area (Å²) in [7, 11) is 1.97. The Morgan fingerprint density at radius 1 is 1.67 bits per heavy atom. The Balaban J connectivity index is 2.33. The Labute approximate surface area is 96.1 Å². The van der Waals surface area contributed by atoms with Crippen molar-refractivity contribution in [2.24, 2.45) is 5.92 Å². The Bertz CT molecular complexity index is 294. The standard InChI is InChI=1S/C10H18N4S/c1-8(2)4-11-10(15)14(3)7-9-5-12-13-6-9/h5-6,8H,4,7H2,1-3H3,(H,11,15)(H,12,13). The summed E-state index contributed by atoms with van der Waals surface area (Å²) in [5, 5.41) is 10.7. The van der Waals surface area contributed by atoms with Crippen molar-refractivity contribution in [3.8, 4) is 0 Å². The maximum Gasteiger partial charge on any atom is 0.168 e. The highest BCUT2D eigenvalue weighted by Crippen LogP contribution is 2.00. The van der Waals surface area contributed by atoms with E-state index >= 15 is 0 Å². The fourth-order valence-corrected chi connectivity index (χ4v) is 1.28. The minimum atomic E-state index is 0.602. The first-order valence-corrected chi connectivity index (χ1v) is 5.47. The molecule has 0 amide bonds. The first kappa shape index (κ1) is 12.0. The van der Waals surface area contributed by atoms with Crippen molar-refractivity contribution in [2.75, 3.05) is 13.6 Å². The molecule has 84 valence electrons. The van der Waals surface area contributed by atoms with Gasteiger partial charge in [0.25, 0.3) is 0 Å². The molecule has 15 heavy (non-hydrogen) atoms. The highest BCUT2D eigenvalue weighted by molar-refractivity contribution is 7.80. The van der Waals surface area contributed by atoms with E-state index < -0.39 is 0 Å². The van der Waals surface area contributed by atoms with Crippen LogP contribution in [-0.4, -0.2) is 33.8 Å². The molecule has 0 fully saturated rings. The van der Waals surface area contributed by atoms with Crippen LogP contribution in [0.25, 0.3) is 0 Å². The summed E-state index contributed by atoms with van der Waals surface area (Å²) in [5.74, 6) is 0.602. The molecule has 5 heteroatoms. The number of nitrogens with zero attached hydrogens (tertiary/aromatic N) is 2. The molecule has 0 aromatic carbocycles. The van der Waals surface area contributed by atoms with Crippen LogP contribution in [-0.2, 0) is 6.54 Å². The number of hydrogen-bond acceptors (Lipinski definition) is 2. The summed E-state index contributed by atoms with van der Waals surface area (Å²) >= 11 is 5.25. The average molecular weight is 226 g/mol. The minimum absolute atomic E-state index is 0.602. The molecule has 2 N–H and O–H groups in total. The van der Waals surface area contributed by atoms with Gasteiger partial charge in [0.05, 0.1) is 6.20 Å². The van der Waals surface area contributed by atoms with Gasteiger partial charge in [-0.2, -0.15) is 5.10 Å². The third-order valence-corrected chi connectivity index (χ3v) is 2.44. The average Bonchev–Trinajstić information content (AvgIpc) is 2.66. The van der Waals surface area contributed by atoms with Crippen molar-refractivity contribution in [1.82, 2.24) is 20.4 Å². The number of aromatic nitrogens is 2. The molecule has 0 radical (unpaired) electrons. The third kappa shape index (κ3) is 4.29. The maximum atomic E-state index is 5.25. The fourth-order valence-electron chi connectivity index (χ4n) is 1.14. The number of rotatable bonds is 4. The van der Waals surface area contributed by atoms with Crippen LogP contribution in [0.1, 0.15) is 19.4 Å². The number of H-pyrrole nitrogens is 1. The number of aromatic amines is 1. The van der Waals surface area contributed by atoms with E-state index in [1.165, 1.54) is 0 Å². The van der Waals surface area contributed by atoms with Gasteiger partial charge in [0.2, 0.25) is 0 Å². The van der Waals surface area contributed by atoms with Crippen LogP contribution in [0.5, 0.6) is 0 Å². The van der Waals surface area contributed by atoms with E-state index in [0.29, 0.717) is 5.92 Å². The van der Waals surface area contributed by atoms with Crippen LogP contribution in [0, 0.1) is 5.92 Å². The van der Waals surface area contributed by atoms with Crippen LogP contribution < -0.4 is 5.32 Å². The lowest BCUT2D eigenvalue weighted by Gasteiger charge is -2.21. The molecular formula is C10H18N4S. The summed E-state index contributed by atoms with van der Waals surface area (Å²) in [4.78, 5) is 2.00. The van der Waals surface area contributed by atoms with Crippen molar-refractivity contribution in [1.29, 1.82) is 0 Å². The second-order valence-electron chi connectivity index (χ2n) is 4.04. The van der Waals surface area contributed by atoms with E-state index in [2.05, 4.69) is 29.4 Å². The monoisotopic (exact) mass is 226 g/mol. The van der Waals surface area contributed by atoms with Crippen LogP contribution in [0.2, 0.25) is 0 Å². The molecule has 0 saturated heterocycles. The van der Waals surface area contributed by atoms with Crippen LogP contribution >= 0.6 is 12.2 Å². The largest absolute Gasteiger partial charge is 0.362 e. The third-order valence-electron chi connectivity index (χ3n) is 1.98. The van der Waals surface area contributed by atoms with Gasteiger partial charge in [0, 0.05) is 31.9 Å². The fraction of sp³-hybridized carbons (Fsp3) is 0.600. The molecule has 1 aromatic heterocycles. The van der Waals surface area contributed by atoms with Crippen molar-refractivity contribution in [3.63, 3.8) is 0 Å². The lowest BCUT2D eigenvalue weighted by Crippen LogP contribution is -2.38. The van der Waals surface area contributed by atoms with Gasteiger partial charge in [-0.05, 0) is 18.1 Å². The topological polar surface area (TPSA) is 44.0 Å². The van der Waals surface area contributed by atoms with Crippen LogP contribution in [0.3, 0.4) is 0 Å². The van der Waals surface area contributed by atoms with Crippen molar-refractivity contribution < 1.29 is 0 Å². The Hall–Kier alpha value is -1.10. The van der Waals surface area contributed by atoms with Gasteiger partial charge in [-0.15, -0.1) is 0 Å². The molecule has 0 aliphatic rings. The first-order valence-electron chi connectivity index (χ1n) is 5.06. The molecule has 1 rings (SSSR count). The highest BCUT2D eigenvalue weighted by atomic mass is 32.1. The van der Waals surface area contributed by atoms with E-state index in [1.54, 1.807) is 0 Å². The summed E-state index contributed by atoms with van der Waals surface area (Å²) < 4.78 is 0. The molecule has 0 atom stereocenters. The number of hydrogen-bond donors (Lipinski definition) is 2. The molecule has 0 saturated carbocycles. The van der Waals surface area contributed by atoms with Gasteiger partial charge in [0.1, 0.15) is 0 Å². The van der Waals surface area contributed by atoms with Crippen molar-refractivity contribution >= 4 is 17.3 Å². The van der Waals surface area contributed by atoms with Crippen LogP contribution in [0.4, 0.5) is 0 Å². The van der Waals surface area contributed by atoms with Gasteiger partial charge in [-0.3, -0.25) is 5.10 Å². The predicted molar refractivity (Wildman–Crippen MR) is 65.5 cm³/mol. The first-order chi connectivity index (χ1) is 7.09. The van der Waals surface area contributed by atoms with E-state index in [0.717, 1.165) is 23.8 Å². The summed E-state index contributed by atoms with van der Waals surface area (Å²) in [6.07, 6.45) is 3.68. The van der Waals surface area contributed by atoms with E-state index in [1.807, 2.05) is 24.3 Å². The molecule has 0 aliphatic carbocycles. The zero-order valence-corrected chi connectivity index (χ0v) is 10.3. The Morgan fingerprint density at radius 3 is 2.93 bits per heavy atom. The summed E-state index contributed by atoms with van der Waals surface area (Å²) in [5.41, 5.74) is 1.13. The van der Waals surface area contributed by atoms with E-state index in [-0.39, 0.29) is 0 Å². The van der Waals surface area contributed by atoms with Gasteiger partial charge in [-0.25, -0.2) is 0 Å². The molecule has 0 unspecified atom stereocenters. The van der Waals surface area contributed by atoms with E-state index in [4.69, 9.17) is 12.2 Å². The van der Waals surface area contributed by atoms with Gasteiger partial charge in [0.15, 0.2) is 5.11 Å². The molecule has 4 nitrogen and oxygen atoms in total. The van der Waals surface area contributed by atoms with Crippen molar-refractivity contribution in [2.45, 2.75) is 20.4 Å². The maximum absolute atomic E-state index is 5.25. The SMILES string of the molecule is CC(C)CNC(=S)N(C)Cc1cn[nH]c1. The second kappa shape index (κ2) is 5.70. The molecule has 0 bridgehead atoms. The van der Waals surface area contributed by atoms with Gasteiger partial charge < -0.3 is 10.2 Å². The number of thiocarbonyl (C=S) groups is 1. The lowest BCUT2D eigenvalue weighted by atomic mass is 10.2. The molecule has 0 spiro atoms. The zero-order valence-electron chi connectivity index (χ0n) is 9.45. The van der Waals surface area contributed by atoms with E-state index in [9.17, 15) is 0 Å².